The van der Waals surface area contributed by atoms with Gasteiger partial charge < -0.3 is 19.8 Å². The van der Waals surface area contributed by atoms with Crippen molar-refractivity contribution in [3.63, 3.8) is 0 Å². The fourth-order valence-corrected chi connectivity index (χ4v) is 5.58. The maximum atomic E-state index is 13.6. The molecule has 0 radical (unpaired) electrons. The highest BCUT2D eigenvalue weighted by Gasteiger charge is 2.47. The molecule has 3 N–H and O–H groups in total. The number of hydrogen-bond acceptors (Lipinski definition) is 7. The number of H-pyrrole nitrogens is 1. The molecule has 3 saturated carbocycles. The number of rotatable bonds is 5. The zero-order valence-corrected chi connectivity index (χ0v) is 18.6. The minimum Gasteiger partial charge on any atom is -0.481 e. The smallest absolute Gasteiger partial charge is 0.308 e. The van der Waals surface area contributed by atoms with Crippen LogP contribution in [0.4, 0.5) is 10.2 Å². The molecular weight excluding hydrogens is 463 g/mol. The van der Waals surface area contributed by atoms with Crippen LogP contribution in [0, 0.1) is 23.8 Å². The van der Waals surface area contributed by atoms with Crippen molar-refractivity contribution in [2.45, 2.75) is 31.7 Å². The molecule has 34 heavy (non-hydrogen) atoms. The molecule has 4 heterocycles. The van der Waals surface area contributed by atoms with Gasteiger partial charge in [-0.3, -0.25) is 4.79 Å². The fourth-order valence-electron chi connectivity index (χ4n) is 5.44. The molecule has 11 heteroatoms. The van der Waals surface area contributed by atoms with Crippen LogP contribution in [0.15, 0.2) is 35.0 Å². The Morgan fingerprint density at radius 3 is 2.71 bits per heavy atom. The average molecular weight is 483 g/mol. The largest absolute Gasteiger partial charge is 0.481 e. The second-order valence-electron chi connectivity index (χ2n) is 8.87. The number of halogens is 2. The number of carboxylic acid groups (broad SMARTS) is 1. The molecule has 3 fully saturated rings. The number of aromatic nitrogens is 5. The summed E-state index contributed by atoms with van der Waals surface area (Å²) in [6, 6.07) is 3.36. The zero-order valence-electron chi connectivity index (χ0n) is 17.8. The maximum absolute atomic E-state index is 13.6. The van der Waals surface area contributed by atoms with Gasteiger partial charge in [0.2, 0.25) is 0 Å². The summed E-state index contributed by atoms with van der Waals surface area (Å²) < 4.78 is 18.8. The minimum atomic E-state index is -0.795. The molecule has 9 nitrogen and oxygen atoms in total. The van der Waals surface area contributed by atoms with Crippen molar-refractivity contribution in [3.8, 4) is 22.8 Å². The normalized spacial score (nSPS) is 23.9. The molecule has 0 spiro atoms. The van der Waals surface area contributed by atoms with Gasteiger partial charge in [0.25, 0.3) is 6.01 Å². The van der Waals surface area contributed by atoms with E-state index in [2.05, 4.69) is 30.2 Å². The number of anilines is 1. The molecule has 0 unspecified atom stereocenters. The monoisotopic (exact) mass is 482 g/mol. The molecule has 3 aliphatic carbocycles. The molecular formula is C23H20ClFN6O3. The van der Waals surface area contributed by atoms with Crippen LogP contribution in [0.5, 0.6) is 0 Å². The number of carbonyl (C=O) groups is 1. The molecule has 0 aromatic carbocycles. The van der Waals surface area contributed by atoms with Crippen LogP contribution in [0.2, 0.25) is 5.15 Å². The zero-order chi connectivity index (χ0) is 23.4. The summed E-state index contributed by atoms with van der Waals surface area (Å²) in [7, 11) is 0. The second-order valence-corrected chi connectivity index (χ2v) is 9.25. The van der Waals surface area contributed by atoms with Crippen molar-refractivity contribution in [1.29, 1.82) is 0 Å². The van der Waals surface area contributed by atoms with Crippen LogP contribution < -0.4 is 5.32 Å². The van der Waals surface area contributed by atoms with Gasteiger partial charge in [0.1, 0.15) is 22.2 Å². The fraction of sp³-hybridized carbons (Fsp3) is 0.348. The second kappa shape index (κ2) is 8.05. The highest BCUT2D eigenvalue weighted by molar-refractivity contribution is 6.29. The molecule has 0 amide bonds. The van der Waals surface area contributed by atoms with Crippen LogP contribution in [0.25, 0.3) is 34.0 Å². The first-order chi connectivity index (χ1) is 16.5. The molecule has 2 bridgehead atoms. The van der Waals surface area contributed by atoms with Crippen molar-refractivity contribution >= 4 is 34.6 Å². The molecule has 0 aliphatic heterocycles. The van der Waals surface area contributed by atoms with Crippen molar-refractivity contribution in [3.05, 3.63) is 41.8 Å². The van der Waals surface area contributed by atoms with Gasteiger partial charge in [0.05, 0.1) is 17.7 Å². The topological polar surface area (TPSA) is 130 Å². The standard InChI is InChI=1S/C23H20ClFN6O3/c24-15-9-27-22-20(29-15)12(8-26-22)21-28-13(14-5-6-16(25)34-14)7-17(31-21)30-19-11-3-1-10(2-4-11)18(19)23(32)33/h5-11,18-19H,1-4H2,(H,26,27)(H,32,33)(H,28,30,31)/t10?,11?,18-,19-/m0/s1. The molecule has 4 aromatic rings. The van der Waals surface area contributed by atoms with Crippen molar-refractivity contribution in [2.24, 2.45) is 17.8 Å². The third-order valence-electron chi connectivity index (χ3n) is 6.96. The van der Waals surface area contributed by atoms with E-state index in [4.69, 9.17) is 16.0 Å². The summed E-state index contributed by atoms with van der Waals surface area (Å²) >= 11 is 6.05. The Balaban J connectivity index is 1.46. The van der Waals surface area contributed by atoms with Gasteiger partial charge in [-0.2, -0.15) is 4.39 Å². The summed E-state index contributed by atoms with van der Waals surface area (Å²) in [5, 5.41) is 13.5. The molecule has 3 aliphatic rings. The Labute approximate surface area is 197 Å². The quantitative estimate of drug-likeness (QED) is 0.371. The van der Waals surface area contributed by atoms with Gasteiger partial charge in [0.15, 0.2) is 17.2 Å². The lowest BCUT2D eigenvalue weighted by Crippen LogP contribution is -2.51. The third kappa shape index (κ3) is 3.58. The van der Waals surface area contributed by atoms with Crippen molar-refractivity contribution in [2.75, 3.05) is 5.32 Å². The molecule has 7 rings (SSSR count). The van der Waals surface area contributed by atoms with Crippen LogP contribution in [0.3, 0.4) is 0 Å². The van der Waals surface area contributed by atoms with E-state index in [1.54, 1.807) is 12.3 Å². The number of fused-ring (bicyclic) bond motifs is 4. The summed E-state index contributed by atoms with van der Waals surface area (Å²) in [5.41, 5.74) is 1.92. The van der Waals surface area contributed by atoms with Gasteiger partial charge in [-0.05, 0) is 43.6 Å². The summed E-state index contributed by atoms with van der Waals surface area (Å²) in [6.45, 7) is 0. The van der Waals surface area contributed by atoms with Crippen LogP contribution in [-0.2, 0) is 4.79 Å². The van der Waals surface area contributed by atoms with Gasteiger partial charge in [-0.25, -0.2) is 19.9 Å². The summed E-state index contributed by atoms with van der Waals surface area (Å²) in [5.74, 6) is 0.0625. The number of aliphatic carboxylic acids is 1. The summed E-state index contributed by atoms with van der Waals surface area (Å²) in [4.78, 5) is 33.0. The number of hydrogen-bond donors (Lipinski definition) is 3. The number of nitrogens with zero attached hydrogens (tertiary/aromatic N) is 4. The Bertz CT molecular complexity index is 1400. The van der Waals surface area contributed by atoms with Crippen molar-refractivity contribution in [1.82, 2.24) is 24.9 Å². The van der Waals surface area contributed by atoms with E-state index in [-0.39, 0.29) is 28.8 Å². The van der Waals surface area contributed by atoms with E-state index in [0.29, 0.717) is 34.1 Å². The Morgan fingerprint density at radius 1 is 1.18 bits per heavy atom. The van der Waals surface area contributed by atoms with E-state index in [1.165, 1.54) is 18.3 Å². The molecule has 2 atom stereocenters. The number of carboxylic acids is 1. The van der Waals surface area contributed by atoms with Gasteiger partial charge in [0, 0.05) is 24.4 Å². The molecule has 4 aromatic heterocycles. The molecule has 174 valence electrons. The number of aromatic amines is 1. The van der Waals surface area contributed by atoms with E-state index in [1.807, 2.05) is 0 Å². The first kappa shape index (κ1) is 21.0. The maximum Gasteiger partial charge on any atom is 0.308 e. The predicted octanol–water partition coefficient (Wildman–Crippen LogP) is 4.77. The molecule has 0 saturated heterocycles. The lowest BCUT2D eigenvalue weighted by atomic mass is 9.61. The predicted molar refractivity (Wildman–Crippen MR) is 122 cm³/mol. The first-order valence-corrected chi connectivity index (χ1v) is 11.5. The Hall–Kier alpha value is -3.53. The van der Waals surface area contributed by atoms with Crippen LogP contribution >= 0.6 is 11.6 Å². The average Bonchev–Trinajstić information content (AvgIpc) is 3.45. The van der Waals surface area contributed by atoms with Gasteiger partial charge in [-0.1, -0.05) is 11.6 Å². The van der Waals surface area contributed by atoms with E-state index < -0.39 is 17.9 Å². The summed E-state index contributed by atoms with van der Waals surface area (Å²) in [6.07, 6.45) is 6.94. The Kier molecular flexibility index (Phi) is 4.98. The van der Waals surface area contributed by atoms with Gasteiger partial charge >= 0.3 is 5.97 Å². The van der Waals surface area contributed by atoms with E-state index in [0.717, 1.165) is 25.7 Å². The number of furan rings is 1. The van der Waals surface area contributed by atoms with Crippen LogP contribution in [-0.4, -0.2) is 42.0 Å². The Morgan fingerprint density at radius 2 is 1.97 bits per heavy atom. The number of nitrogens with one attached hydrogen (secondary N) is 2. The minimum absolute atomic E-state index is 0.144. The van der Waals surface area contributed by atoms with E-state index >= 15 is 0 Å². The van der Waals surface area contributed by atoms with E-state index in [9.17, 15) is 14.3 Å². The SMILES string of the molecule is O=C(O)[C@H]1C2CCC(CC2)[C@@H]1Nc1cc(-c2ccc(F)o2)nc(-c2c[nH]c3ncc(Cl)nc23)n1. The van der Waals surface area contributed by atoms with Gasteiger partial charge in [-0.15, -0.1) is 0 Å². The lowest BCUT2D eigenvalue weighted by molar-refractivity contribution is -0.148. The van der Waals surface area contributed by atoms with Crippen molar-refractivity contribution < 1.29 is 18.7 Å². The van der Waals surface area contributed by atoms with Crippen LogP contribution in [0.1, 0.15) is 25.7 Å². The lowest BCUT2D eigenvalue weighted by Gasteiger charge is -2.47. The first-order valence-electron chi connectivity index (χ1n) is 11.1. The highest BCUT2D eigenvalue weighted by Crippen LogP contribution is 2.46. The highest BCUT2D eigenvalue weighted by atomic mass is 35.5. The third-order valence-corrected chi connectivity index (χ3v) is 7.15.